The summed E-state index contributed by atoms with van der Waals surface area (Å²) in [5.74, 6) is -1.62. The first-order chi connectivity index (χ1) is 14.1. The van der Waals surface area contributed by atoms with E-state index in [1.54, 1.807) is 12.3 Å². The predicted molar refractivity (Wildman–Crippen MR) is 109 cm³/mol. The van der Waals surface area contributed by atoms with Crippen LogP contribution in [0.4, 0.5) is 14.5 Å². The molecule has 29 heavy (non-hydrogen) atoms. The molecular weight excluding hydrogens is 372 g/mol. The van der Waals surface area contributed by atoms with E-state index in [9.17, 15) is 13.9 Å². The second-order valence-electron chi connectivity index (χ2n) is 7.23. The number of halogens is 2. The summed E-state index contributed by atoms with van der Waals surface area (Å²) in [7, 11) is 0. The van der Waals surface area contributed by atoms with Gasteiger partial charge in [0.2, 0.25) is 0 Å². The standard InChI is InChI=1S/C23H23F2N3O/c24-19-9-8-17(15-20(19)25)16-27-11-13-28(14-12-27)22-7-2-1-5-18(22)23(29)21-6-3-4-10-26-21/h1-10,15,23,29H,11-14,16H2. The van der Waals surface area contributed by atoms with Crippen LogP contribution in [-0.2, 0) is 6.54 Å². The molecule has 0 radical (unpaired) electrons. The zero-order valence-corrected chi connectivity index (χ0v) is 16.0. The third-order valence-corrected chi connectivity index (χ3v) is 5.30. The Balaban J connectivity index is 1.44. The molecule has 1 atom stereocenters. The molecule has 1 aliphatic rings. The lowest BCUT2D eigenvalue weighted by atomic mass is 10.0. The number of hydrogen-bond acceptors (Lipinski definition) is 4. The highest BCUT2D eigenvalue weighted by atomic mass is 19.2. The molecule has 1 aromatic heterocycles. The molecule has 1 saturated heterocycles. The van der Waals surface area contributed by atoms with Gasteiger partial charge < -0.3 is 10.0 Å². The molecule has 0 amide bonds. The number of aromatic nitrogens is 1. The molecule has 0 spiro atoms. The quantitative estimate of drug-likeness (QED) is 0.714. The number of hydrogen-bond donors (Lipinski definition) is 1. The van der Waals surface area contributed by atoms with E-state index in [0.717, 1.165) is 43.0 Å². The molecule has 0 saturated carbocycles. The van der Waals surface area contributed by atoms with Crippen LogP contribution in [0.25, 0.3) is 0 Å². The summed E-state index contributed by atoms with van der Waals surface area (Å²) >= 11 is 0. The molecule has 0 bridgehead atoms. The number of aliphatic hydroxyl groups is 1. The molecule has 150 valence electrons. The summed E-state index contributed by atoms with van der Waals surface area (Å²) in [5, 5.41) is 10.8. The van der Waals surface area contributed by atoms with Crippen molar-refractivity contribution in [1.82, 2.24) is 9.88 Å². The highest BCUT2D eigenvalue weighted by Gasteiger charge is 2.23. The van der Waals surface area contributed by atoms with Gasteiger partial charge in [0.1, 0.15) is 6.10 Å². The van der Waals surface area contributed by atoms with Gasteiger partial charge in [0, 0.05) is 50.2 Å². The number of aliphatic hydroxyl groups excluding tert-OH is 1. The van der Waals surface area contributed by atoms with Gasteiger partial charge in [0.05, 0.1) is 5.69 Å². The van der Waals surface area contributed by atoms with E-state index in [1.807, 2.05) is 42.5 Å². The molecule has 0 aliphatic carbocycles. The zero-order valence-electron chi connectivity index (χ0n) is 16.0. The number of rotatable bonds is 5. The average Bonchev–Trinajstić information content (AvgIpc) is 2.77. The fourth-order valence-electron chi connectivity index (χ4n) is 3.75. The normalized spacial score (nSPS) is 16.0. The van der Waals surface area contributed by atoms with E-state index in [2.05, 4.69) is 14.8 Å². The monoisotopic (exact) mass is 395 g/mol. The van der Waals surface area contributed by atoms with Crippen molar-refractivity contribution in [3.05, 3.63) is 95.3 Å². The number of benzene rings is 2. The van der Waals surface area contributed by atoms with E-state index in [4.69, 9.17) is 0 Å². The molecule has 3 aromatic rings. The van der Waals surface area contributed by atoms with Crippen molar-refractivity contribution in [1.29, 1.82) is 0 Å². The van der Waals surface area contributed by atoms with Gasteiger partial charge in [-0.2, -0.15) is 0 Å². The number of nitrogens with zero attached hydrogens (tertiary/aromatic N) is 3. The molecule has 2 heterocycles. The molecular formula is C23H23F2N3O. The summed E-state index contributed by atoms with van der Waals surface area (Å²) in [6, 6.07) is 17.4. The van der Waals surface area contributed by atoms with Gasteiger partial charge in [-0.3, -0.25) is 9.88 Å². The minimum atomic E-state index is -0.818. The molecule has 1 unspecified atom stereocenters. The minimum Gasteiger partial charge on any atom is -0.382 e. The highest BCUT2D eigenvalue weighted by Crippen LogP contribution is 2.30. The Bertz CT molecular complexity index is 959. The molecule has 1 aliphatic heterocycles. The van der Waals surface area contributed by atoms with Crippen molar-refractivity contribution >= 4 is 5.69 Å². The summed E-state index contributed by atoms with van der Waals surface area (Å²) in [4.78, 5) is 8.76. The summed E-state index contributed by atoms with van der Waals surface area (Å²) in [5.41, 5.74) is 3.22. The first-order valence-corrected chi connectivity index (χ1v) is 9.71. The maximum atomic E-state index is 13.4. The van der Waals surface area contributed by atoms with E-state index >= 15 is 0 Å². The Labute approximate surface area is 169 Å². The number of para-hydroxylation sites is 1. The SMILES string of the molecule is OC(c1ccccn1)c1ccccc1N1CCN(Cc2ccc(F)c(F)c2)CC1. The van der Waals surface area contributed by atoms with Gasteiger partial charge in [-0.1, -0.05) is 30.3 Å². The van der Waals surface area contributed by atoms with Crippen LogP contribution in [0.15, 0.2) is 66.9 Å². The van der Waals surface area contributed by atoms with Gasteiger partial charge in [0.25, 0.3) is 0 Å². The molecule has 1 fully saturated rings. The van der Waals surface area contributed by atoms with Gasteiger partial charge in [-0.25, -0.2) is 8.78 Å². The minimum absolute atomic E-state index is 0.587. The summed E-state index contributed by atoms with van der Waals surface area (Å²) in [6.45, 7) is 3.76. The molecule has 1 N–H and O–H groups in total. The fourth-order valence-corrected chi connectivity index (χ4v) is 3.75. The second kappa shape index (κ2) is 8.68. The summed E-state index contributed by atoms with van der Waals surface area (Å²) < 4.78 is 26.6. The Morgan fingerprint density at radius 3 is 2.38 bits per heavy atom. The first-order valence-electron chi connectivity index (χ1n) is 9.71. The second-order valence-corrected chi connectivity index (χ2v) is 7.23. The van der Waals surface area contributed by atoms with Crippen molar-refractivity contribution in [3.63, 3.8) is 0 Å². The maximum Gasteiger partial charge on any atom is 0.159 e. The number of anilines is 1. The maximum absolute atomic E-state index is 13.4. The van der Waals surface area contributed by atoms with Crippen LogP contribution in [0.2, 0.25) is 0 Å². The third kappa shape index (κ3) is 4.44. The van der Waals surface area contributed by atoms with Gasteiger partial charge in [-0.05, 0) is 35.9 Å². The Morgan fingerprint density at radius 2 is 1.66 bits per heavy atom. The van der Waals surface area contributed by atoms with Crippen molar-refractivity contribution in [3.8, 4) is 0 Å². The topological polar surface area (TPSA) is 39.6 Å². The number of pyridine rings is 1. The predicted octanol–water partition coefficient (Wildman–Crippen LogP) is 3.76. The van der Waals surface area contributed by atoms with E-state index in [0.29, 0.717) is 12.2 Å². The fraction of sp³-hybridized carbons (Fsp3) is 0.261. The molecule has 4 nitrogen and oxygen atoms in total. The molecule has 6 heteroatoms. The van der Waals surface area contributed by atoms with Crippen molar-refractivity contribution in [2.75, 3.05) is 31.1 Å². The van der Waals surface area contributed by atoms with Crippen molar-refractivity contribution in [2.24, 2.45) is 0 Å². The van der Waals surface area contributed by atoms with Crippen LogP contribution in [-0.4, -0.2) is 41.2 Å². The largest absolute Gasteiger partial charge is 0.382 e. The smallest absolute Gasteiger partial charge is 0.159 e. The van der Waals surface area contributed by atoms with Crippen LogP contribution >= 0.6 is 0 Å². The third-order valence-electron chi connectivity index (χ3n) is 5.30. The van der Waals surface area contributed by atoms with E-state index in [1.165, 1.54) is 12.1 Å². The van der Waals surface area contributed by atoms with E-state index in [-0.39, 0.29) is 0 Å². The van der Waals surface area contributed by atoms with Crippen LogP contribution in [0.3, 0.4) is 0 Å². The average molecular weight is 395 g/mol. The van der Waals surface area contributed by atoms with Crippen molar-refractivity contribution in [2.45, 2.75) is 12.6 Å². The Morgan fingerprint density at radius 1 is 0.897 bits per heavy atom. The highest BCUT2D eigenvalue weighted by molar-refractivity contribution is 5.56. The Kier molecular flexibility index (Phi) is 5.83. The lowest BCUT2D eigenvalue weighted by Gasteiger charge is -2.37. The zero-order chi connectivity index (χ0) is 20.2. The van der Waals surface area contributed by atoms with Gasteiger partial charge in [-0.15, -0.1) is 0 Å². The van der Waals surface area contributed by atoms with Crippen LogP contribution < -0.4 is 4.90 Å². The summed E-state index contributed by atoms with van der Waals surface area (Å²) in [6.07, 6.45) is 0.894. The van der Waals surface area contributed by atoms with E-state index < -0.39 is 17.7 Å². The van der Waals surface area contributed by atoms with Gasteiger partial charge in [0.15, 0.2) is 11.6 Å². The molecule has 4 rings (SSSR count). The Hall–Kier alpha value is -2.83. The number of piperazine rings is 1. The van der Waals surface area contributed by atoms with Crippen LogP contribution in [0.1, 0.15) is 22.9 Å². The molecule has 2 aromatic carbocycles. The van der Waals surface area contributed by atoms with Gasteiger partial charge >= 0.3 is 0 Å². The van der Waals surface area contributed by atoms with Crippen molar-refractivity contribution < 1.29 is 13.9 Å². The first kappa shape index (κ1) is 19.5. The lowest BCUT2D eigenvalue weighted by Crippen LogP contribution is -2.46. The lowest BCUT2D eigenvalue weighted by molar-refractivity contribution is 0.214. The van der Waals surface area contributed by atoms with Crippen LogP contribution in [0.5, 0.6) is 0 Å². The van der Waals surface area contributed by atoms with Crippen LogP contribution in [0, 0.1) is 11.6 Å².